The molecular weight excluding hydrogens is 326 g/mol. The summed E-state index contributed by atoms with van der Waals surface area (Å²) in [5, 5.41) is 0. The summed E-state index contributed by atoms with van der Waals surface area (Å²) in [5.74, 6) is 1.62. The highest BCUT2D eigenvalue weighted by Gasteiger charge is 2.15. The predicted octanol–water partition coefficient (Wildman–Crippen LogP) is 4.39. The van der Waals surface area contributed by atoms with Crippen LogP contribution >= 0.6 is 0 Å². The first-order valence-corrected chi connectivity index (χ1v) is 8.91. The molecule has 26 heavy (non-hydrogen) atoms. The van der Waals surface area contributed by atoms with Crippen molar-refractivity contribution in [2.45, 2.75) is 20.4 Å². The van der Waals surface area contributed by atoms with E-state index < -0.39 is 0 Å². The molecule has 2 N–H and O–H groups in total. The Kier molecular flexibility index (Phi) is 6.17. The van der Waals surface area contributed by atoms with Gasteiger partial charge < -0.3 is 19.5 Å². The first-order chi connectivity index (χ1) is 12.8. The molecule has 2 aromatic carbocycles. The third-order valence-electron chi connectivity index (χ3n) is 3.86. The maximum Gasteiger partial charge on any atom is 0.147 e. The molecule has 5 heteroatoms. The van der Waals surface area contributed by atoms with Crippen LogP contribution in [0.5, 0.6) is 11.5 Å². The minimum Gasteiger partial charge on any atom is -0.492 e. The zero-order chi connectivity index (χ0) is 18.2. The fourth-order valence-corrected chi connectivity index (χ4v) is 2.78. The maximum atomic E-state index is 5.90. The maximum absolute atomic E-state index is 5.90. The third kappa shape index (κ3) is 4.37. The standard InChI is InChI=1S/C21H25N3O2/c1-3-25-19-14-17(16-22-23-18-10-6-5-7-11-18)15-20(26-4-2)21(19)24-12-8-9-13-24/h5-15,22-23H,3-4,16H2,1-2H3. The summed E-state index contributed by atoms with van der Waals surface area (Å²) in [7, 11) is 0. The van der Waals surface area contributed by atoms with Crippen molar-refractivity contribution in [2.75, 3.05) is 18.6 Å². The van der Waals surface area contributed by atoms with Crippen LogP contribution in [0.1, 0.15) is 19.4 Å². The number of anilines is 1. The summed E-state index contributed by atoms with van der Waals surface area (Å²) in [6.45, 7) is 5.81. The van der Waals surface area contributed by atoms with Gasteiger partial charge in [-0.25, -0.2) is 5.43 Å². The SMILES string of the molecule is CCOc1cc(CNNc2ccccc2)cc(OCC)c1-n1cccc1. The van der Waals surface area contributed by atoms with Gasteiger partial charge in [0.2, 0.25) is 0 Å². The van der Waals surface area contributed by atoms with Gasteiger partial charge in [0.05, 0.1) is 13.2 Å². The second-order valence-electron chi connectivity index (χ2n) is 5.74. The Balaban J connectivity index is 1.84. The number of ether oxygens (including phenoxy) is 2. The molecule has 0 spiro atoms. The van der Waals surface area contributed by atoms with Crippen LogP contribution in [-0.2, 0) is 6.54 Å². The van der Waals surface area contributed by atoms with E-state index in [1.807, 2.05) is 73.3 Å². The van der Waals surface area contributed by atoms with Crippen molar-refractivity contribution in [3.63, 3.8) is 0 Å². The molecule has 0 unspecified atom stereocenters. The van der Waals surface area contributed by atoms with E-state index >= 15 is 0 Å². The summed E-state index contributed by atoms with van der Waals surface area (Å²) in [6, 6.07) is 18.1. The Morgan fingerprint density at radius 2 is 1.46 bits per heavy atom. The predicted molar refractivity (Wildman–Crippen MR) is 105 cm³/mol. The number of hydrazine groups is 1. The van der Waals surface area contributed by atoms with Gasteiger partial charge in [0, 0.05) is 24.6 Å². The molecule has 3 rings (SSSR count). The largest absolute Gasteiger partial charge is 0.492 e. The van der Waals surface area contributed by atoms with Crippen molar-refractivity contribution in [3.8, 4) is 17.2 Å². The average molecular weight is 351 g/mol. The fourth-order valence-electron chi connectivity index (χ4n) is 2.78. The Morgan fingerprint density at radius 1 is 0.846 bits per heavy atom. The van der Waals surface area contributed by atoms with Gasteiger partial charge in [0.15, 0.2) is 0 Å². The molecule has 3 aromatic rings. The highest BCUT2D eigenvalue weighted by Crippen LogP contribution is 2.35. The van der Waals surface area contributed by atoms with E-state index in [9.17, 15) is 0 Å². The number of nitrogens with zero attached hydrogens (tertiary/aromatic N) is 1. The normalized spacial score (nSPS) is 10.5. The molecular formula is C21H25N3O2. The smallest absolute Gasteiger partial charge is 0.147 e. The van der Waals surface area contributed by atoms with Gasteiger partial charge >= 0.3 is 0 Å². The minimum absolute atomic E-state index is 0.596. The Hall–Kier alpha value is -2.92. The van der Waals surface area contributed by atoms with E-state index in [1.165, 1.54) is 0 Å². The van der Waals surface area contributed by atoms with Crippen LogP contribution in [0, 0.1) is 0 Å². The van der Waals surface area contributed by atoms with Crippen LogP contribution in [0.3, 0.4) is 0 Å². The third-order valence-corrected chi connectivity index (χ3v) is 3.86. The van der Waals surface area contributed by atoms with Crippen LogP contribution < -0.4 is 20.3 Å². The first-order valence-electron chi connectivity index (χ1n) is 8.91. The monoisotopic (exact) mass is 351 g/mol. The number of rotatable bonds is 9. The van der Waals surface area contributed by atoms with Crippen molar-refractivity contribution in [1.82, 2.24) is 9.99 Å². The molecule has 136 valence electrons. The van der Waals surface area contributed by atoms with Crippen LogP contribution in [-0.4, -0.2) is 17.8 Å². The van der Waals surface area contributed by atoms with Gasteiger partial charge in [-0.3, -0.25) is 0 Å². The highest BCUT2D eigenvalue weighted by molar-refractivity contribution is 5.59. The number of nitrogens with one attached hydrogen (secondary N) is 2. The van der Waals surface area contributed by atoms with Crippen LogP contribution in [0.2, 0.25) is 0 Å². The molecule has 0 radical (unpaired) electrons. The quantitative estimate of drug-likeness (QED) is 0.561. The molecule has 1 aromatic heterocycles. The van der Waals surface area contributed by atoms with Crippen LogP contribution in [0.15, 0.2) is 67.0 Å². The van der Waals surface area contributed by atoms with Gasteiger partial charge in [0.1, 0.15) is 17.2 Å². The fraction of sp³-hybridized carbons (Fsp3) is 0.238. The molecule has 1 heterocycles. The van der Waals surface area contributed by atoms with E-state index in [0.29, 0.717) is 19.8 Å². The zero-order valence-corrected chi connectivity index (χ0v) is 15.2. The molecule has 0 aliphatic heterocycles. The van der Waals surface area contributed by atoms with E-state index in [0.717, 1.165) is 28.4 Å². The number of aromatic nitrogens is 1. The van der Waals surface area contributed by atoms with Crippen molar-refractivity contribution < 1.29 is 9.47 Å². The minimum atomic E-state index is 0.596. The molecule has 0 saturated carbocycles. The molecule has 0 aliphatic rings. The summed E-state index contributed by atoms with van der Waals surface area (Å²) in [4.78, 5) is 0. The van der Waals surface area contributed by atoms with Crippen molar-refractivity contribution in [2.24, 2.45) is 0 Å². The highest BCUT2D eigenvalue weighted by atomic mass is 16.5. The van der Waals surface area contributed by atoms with E-state index in [4.69, 9.17) is 9.47 Å². The van der Waals surface area contributed by atoms with Gasteiger partial charge in [-0.05, 0) is 55.8 Å². The second-order valence-corrected chi connectivity index (χ2v) is 5.74. The molecule has 0 amide bonds. The molecule has 0 atom stereocenters. The topological polar surface area (TPSA) is 47.4 Å². The lowest BCUT2D eigenvalue weighted by Gasteiger charge is -2.18. The number of hydrogen-bond donors (Lipinski definition) is 2. The Labute approximate surface area is 154 Å². The van der Waals surface area contributed by atoms with Gasteiger partial charge in [-0.2, -0.15) is 0 Å². The van der Waals surface area contributed by atoms with E-state index in [1.54, 1.807) is 0 Å². The first kappa shape index (κ1) is 17.9. The Morgan fingerprint density at radius 3 is 2.04 bits per heavy atom. The summed E-state index contributed by atoms with van der Waals surface area (Å²) in [6.07, 6.45) is 3.99. The molecule has 0 saturated heterocycles. The van der Waals surface area contributed by atoms with Crippen LogP contribution in [0.4, 0.5) is 5.69 Å². The molecule has 0 aliphatic carbocycles. The Bertz CT molecular complexity index is 774. The lowest BCUT2D eigenvalue weighted by molar-refractivity contribution is 0.320. The lowest BCUT2D eigenvalue weighted by atomic mass is 10.1. The van der Waals surface area contributed by atoms with Crippen molar-refractivity contribution >= 4 is 5.69 Å². The van der Waals surface area contributed by atoms with Crippen LogP contribution in [0.25, 0.3) is 5.69 Å². The van der Waals surface area contributed by atoms with Gasteiger partial charge in [0.25, 0.3) is 0 Å². The van der Waals surface area contributed by atoms with Crippen molar-refractivity contribution in [1.29, 1.82) is 0 Å². The van der Waals surface area contributed by atoms with Gasteiger partial charge in [-0.1, -0.05) is 18.2 Å². The molecule has 5 nitrogen and oxygen atoms in total. The van der Waals surface area contributed by atoms with Gasteiger partial charge in [-0.15, -0.1) is 0 Å². The molecule has 0 bridgehead atoms. The number of hydrogen-bond acceptors (Lipinski definition) is 4. The lowest BCUT2D eigenvalue weighted by Crippen LogP contribution is -2.21. The van der Waals surface area contributed by atoms with E-state index in [-0.39, 0.29) is 0 Å². The van der Waals surface area contributed by atoms with E-state index in [2.05, 4.69) is 23.0 Å². The number of benzene rings is 2. The number of para-hydroxylation sites is 1. The molecule has 0 fully saturated rings. The van der Waals surface area contributed by atoms with Crippen molar-refractivity contribution in [3.05, 3.63) is 72.6 Å². The summed E-state index contributed by atoms with van der Waals surface area (Å²) >= 11 is 0. The summed E-state index contributed by atoms with van der Waals surface area (Å²) in [5.41, 5.74) is 9.47. The summed E-state index contributed by atoms with van der Waals surface area (Å²) < 4.78 is 13.8. The average Bonchev–Trinajstić information content (AvgIpc) is 3.17. The second kappa shape index (κ2) is 8.97. The zero-order valence-electron chi connectivity index (χ0n) is 15.2.